The average Bonchev–Trinajstić information content (AvgIpc) is 2.74. The molecule has 2 aliphatic rings. The van der Waals surface area contributed by atoms with E-state index in [1.54, 1.807) is 0 Å². The first kappa shape index (κ1) is 18.0. The summed E-state index contributed by atoms with van der Waals surface area (Å²) in [6, 6.07) is 0.468. The number of amides is 1. The highest BCUT2D eigenvalue weighted by molar-refractivity contribution is 5.85. The molecule has 1 amide bonds. The van der Waals surface area contributed by atoms with E-state index in [1.807, 2.05) is 0 Å². The van der Waals surface area contributed by atoms with Crippen LogP contribution in [0.1, 0.15) is 26.2 Å². The van der Waals surface area contributed by atoms with Gasteiger partial charge in [0, 0.05) is 51.7 Å². The topological polar surface area (TPSA) is 35.6 Å². The van der Waals surface area contributed by atoms with Gasteiger partial charge in [0.1, 0.15) is 0 Å². The number of nitrogens with one attached hydrogen (secondary N) is 1. The van der Waals surface area contributed by atoms with Crippen LogP contribution in [0.15, 0.2) is 0 Å². The molecule has 0 aliphatic carbocycles. The van der Waals surface area contributed by atoms with Crippen molar-refractivity contribution in [2.24, 2.45) is 0 Å². The van der Waals surface area contributed by atoms with E-state index >= 15 is 0 Å². The number of hydrogen-bond donors (Lipinski definition) is 1. The lowest BCUT2D eigenvalue weighted by molar-refractivity contribution is -0.132. The molecule has 4 nitrogen and oxygen atoms in total. The van der Waals surface area contributed by atoms with Crippen LogP contribution in [0.2, 0.25) is 0 Å². The fourth-order valence-electron chi connectivity index (χ4n) is 2.64. The van der Waals surface area contributed by atoms with Gasteiger partial charge >= 0.3 is 0 Å². The average molecular weight is 298 g/mol. The molecule has 2 fully saturated rings. The second-order valence-corrected chi connectivity index (χ2v) is 4.92. The van der Waals surface area contributed by atoms with Gasteiger partial charge in [-0.05, 0) is 19.8 Å². The normalized spacial score (nSPS) is 24.3. The summed E-state index contributed by atoms with van der Waals surface area (Å²) < 4.78 is 0. The van der Waals surface area contributed by atoms with Crippen molar-refractivity contribution < 1.29 is 4.79 Å². The minimum atomic E-state index is 0. The number of carbonyl (C=O) groups is 1. The van der Waals surface area contributed by atoms with Crippen LogP contribution in [0.3, 0.4) is 0 Å². The summed E-state index contributed by atoms with van der Waals surface area (Å²) in [7, 11) is 0. The minimum absolute atomic E-state index is 0. The first-order valence-corrected chi connectivity index (χ1v) is 6.50. The van der Waals surface area contributed by atoms with Gasteiger partial charge in [-0.15, -0.1) is 24.8 Å². The Morgan fingerprint density at radius 2 is 1.89 bits per heavy atom. The van der Waals surface area contributed by atoms with Gasteiger partial charge in [-0.1, -0.05) is 0 Å². The lowest BCUT2D eigenvalue weighted by Gasteiger charge is -2.28. The van der Waals surface area contributed by atoms with Crippen molar-refractivity contribution in [3.8, 4) is 0 Å². The zero-order valence-electron chi connectivity index (χ0n) is 11.1. The number of hydrogen-bond acceptors (Lipinski definition) is 3. The molecule has 2 aliphatic heterocycles. The van der Waals surface area contributed by atoms with Crippen LogP contribution in [-0.2, 0) is 4.79 Å². The second-order valence-electron chi connectivity index (χ2n) is 4.92. The van der Waals surface area contributed by atoms with Crippen LogP contribution >= 0.6 is 24.8 Å². The van der Waals surface area contributed by atoms with Crippen LogP contribution in [0.25, 0.3) is 0 Å². The SMILES string of the molecule is CC1CCCN1C(=O)CCN1CCNCC1.Cl.Cl. The molecule has 0 bridgehead atoms. The molecule has 0 aromatic heterocycles. The van der Waals surface area contributed by atoms with Crippen molar-refractivity contribution >= 4 is 30.7 Å². The van der Waals surface area contributed by atoms with Crippen molar-refractivity contribution in [2.75, 3.05) is 39.3 Å². The Kier molecular flexibility index (Phi) is 8.95. The summed E-state index contributed by atoms with van der Waals surface area (Å²) in [4.78, 5) is 16.4. The third-order valence-corrected chi connectivity index (χ3v) is 3.72. The van der Waals surface area contributed by atoms with E-state index in [-0.39, 0.29) is 24.8 Å². The van der Waals surface area contributed by atoms with Gasteiger partial charge in [0.05, 0.1) is 0 Å². The highest BCUT2D eigenvalue weighted by Crippen LogP contribution is 2.17. The molecule has 1 unspecified atom stereocenters. The number of halogens is 2. The molecule has 6 heteroatoms. The van der Waals surface area contributed by atoms with Gasteiger partial charge in [0.15, 0.2) is 0 Å². The van der Waals surface area contributed by atoms with E-state index < -0.39 is 0 Å². The monoisotopic (exact) mass is 297 g/mol. The van der Waals surface area contributed by atoms with E-state index in [9.17, 15) is 4.79 Å². The van der Waals surface area contributed by atoms with Gasteiger partial charge in [-0.2, -0.15) is 0 Å². The zero-order chi connectivity index (χ0) is 11.4. The van der Waals surface area contributed by atoms with Crippen LogP contribution in [0, 0.1) is 0 Å². The summed E-state index contributed by atoms with van der Waals surface area (Å²) in [5.41, 5.74) is 0. The predicted molar refractivity (Wildman–Crippen MR) is 78.8 cm³/mol. The molecule has 0 spiro atoms. The van der Waals surface area contributed by atoms with E-state index in [0.717, 1.165) is 39.3 Å². The molecule has 2 rings (SSSR count). The molecule has 0 radical (unpaired) electrons. The second kappa shape index (κ2) is 8.97. The summed E-state index contributed by atoms with van der Waals surface area (Å²) in [6.07, 6.45) is 3.06. The molecule has 2 saturated heterocycles. The van der Waals surface area contributed by atoms with Crippen LogP contribution < -0.4 is 5.32 Å². The van der Waals surface area contributed by atoms with Crippen molar-refractivity contribution in [2.45, 2.75) is 32.2 Å². The third-order valence-electron chi connectivity index (χ3n) is 3.72. The number of carbonyl (C=O) groups excluding carboxylic acids is 1. The van der Waals surface area contributed by atoms with Crippen molar-refractivity contribution in [1.29, 1.82) is 0 Å². The molecular formula is C12H25Cl2N3O. The molecule has 1 N–H and O–H groups in total. The van der Waals surface area contributed by atoms with E-state index in [4.69, 9.17) is 0 Å². The van der Waals surface area contributed by atoms with Gasteiger partial charge in [-0.3, -0.25) is 4.79 Å². The molecule has 18 heavy (non-hydrogen) atoms. The maximum atomic E-state index is 12.0. The van der Waals surface area contributed by atoms with E-state index in [0.29, 0.717) is 18.4 Å². The maximum Gasteiger partial charge on any atom is 0.224 e. The highest BCUT2D eigenvalue weighted by atomic mass is 35.5. The standard InChI is InChI=1S/C12H23N3O.2ClH/c1-11-3-2-7-15(11)12(16)4-8-14-9-5-13-6-10-14;;/h11,13H,2-10H2,1H3;2*1H. The Morgan fingerprint density at radius 1 is 1.22 bits per heavy atom. The fraction of sp³-hybridized carbons (Fsp3) is 0.917. The van der Waals surface area contributed by atoms with Gasteiger partial charge in [0.25, 0.3) is 0 Å². The van der Waals surface area contributed by atoms with Crippen molar-refractivity contribution in [3.05, 3.63) is 0 Å². The molecule has 2 heterocycles. The fourth-order valence-corrected chi connectivity index (χ4v) is 2.64. The van der Waals surface area contributed by atoms with Crippen LogP contribution in [-0.4, -0.2) is 61.0 Å². The number of likely N-dealkylation sites (tertiary alicyclic amines) is 1. The highest BCUT2D eigenvalue weighted by Gasteiger charge is 2.25. The molecule has 108 valence electrons. The Labute approximate surface area is 122 Å². The Bertz CT molecular complexity index is 247. The van der Waals surface area contributed by atoms with Crippen LogP contribution in [0.4, 0.5) is 0 Å². The summed E-state index contributed by atoms with van der Waals surface area (Å²) in [6.45, 7) is 8.37. The maximum absolute atomic E-state index is 12.0. The van der Waals surface area contributed by atoms with Gasteiger partial charge in [-0.25, -0.2) is 0 Å². The van der Waals surface area contributed by atoms with E-state index in [1.165, 1.54) is 12.8 Å². The smallest absolute Gasteiger partial charge is 0.224 e. The predicted octanol–water partition coefficient (Wildman–Crippen LogP) is 1.14. The summed E-state index contributed by atoms with van der Waals surface area (Å²) in [5, 5.41) is 3.33. The Balaban J connectivity index is 0.00000144. The third kappa shape index (κ3) is 4.92. The van der Waals surface area contributed by atoms with Crippen molar-refractivity contribution in [3.63, 3.8) is 0 Å². The molecule has 0 aromatic carbocycles. The van der Waals surface area contributed by atoms with Gasteiger partial charge < -0.3 is 15.1 Å². The largest absolute Gasteiger partial charge is 0.340 e. The van der Waals surface area contributed by atoms with Crippen LogP contribution in [0.5, 0.6) is 0 Å². The first-order valence-electron chi connectivity index (χ1n) is 6.50. The molecule has 1 atom stereocenters. The Hall–Kier alpha value is -0.0300. The number of nitrogens with zero attached hydrogens (tertiary/aromatic N) is 2. The molecular weight excluding hydrogens is 273 g/mol. The van der Waals surface area contributed by atoms with E-state index in [2.05, 4.69) is 22.0 Å². The minimum Gasteiger partial charge on any atom is -0.340 e. The molecule has 0 saturated carbocycles. The quantitative estimate of drug-likeness (QED) is 0.848. The van der Waals surface area contributed by atoms with Crippen molar-refractivity contribution in [1.82, 2.24) is 15.1 Å². The lowest BCUT2D eigenvalue weighted by atomic mass is 10.2. The number of rotatable bonds is 3. The first-order chi connectivity index (χ1) is 7.77. The Morgan fingerprint density at radius 3 is 2.44 bits per heavy atom. The molecule has 0 aromatic rings. The zero-order valence-corrected chi connectivity index (χ0v) is 12.7. The lowest BCUT2D eigenvalue weighted by Crippen LogP contribution is -2.45. The number of piperazine rings is 1. The summed E-state index contributed by atoms with van der Waals surface area (Å²) in [5.74, 6) is 0.350. The summed E-state index contributed by atoms with van der Waals surface area (Å²) >= 11 is 0. The van der Waals surface area contributed by atoms with Gasteiger partial charge in [0.2, 0.25) is 5.91 Å².